The van der Waals surface area contributed by atoms with Crippen molar-refractivity contribution in [2.45, 2.75) is 51.6 Å². The number of benzene rings is 1. The average Bonchev–Trinajstić information content (AvgIpc) is 3.37. The van der Waals surface area contributed by atoms with E-state index < -0.39 is 0 Å². The molecule has 0 unspecified atom stereocenters. The Morgan fingerprint density at radius 2 is 1.89 bits per heavy atom. The Labute approximate surface area is 166 Å². The van der Waals surface area contributed by atoms with Gasteiger partial charge in [0.25, 0.3) is 5.91 Å². The van der Waals surface area contributed by atoms with Crippen LogP contribution in [0.15, 0.2) is 24.3 Å². The van der Waals surface area contributed by atoms with Crippen molar-refractivity contribution in [1.82, 2.24) is 24.6 Å². The van der Waals surface area contributed by atoms with Gasteiger partial charge in [-0.1, -0.05) is 6.07 Å². The lowest BCUT2D eigenvalue weighted by Crippen LogP contribution is -2.38. The van der Waals surface area contributed by atoms with Crippen LogP contribution in [0.3, 0.4) is 0 Å². The third kappa shape index (κ3) is 3.90. The predicted molar refractivity (Wildman–Crippen MR) is 106 cm³/mol. The van der Waals surface area contributed by atoms with Crippen LogP contribution in [0.1, 0.15) is 60.5 Å². The molecule has 3 heterocycles. The standard InChI is InChI=1S/C21H29N5O2/c1-2-26-19(15-24-10-3-4-11-24)22-23-20(26)16-8-12-25(13-9-16)21(28)17-6-5-7-18(27)14-17/h5-7,14,16,27H,2-4,8-13,15H2,1H3. The summed E-state index contributed by atoms with van der Waals surface area (Å²) in [6.45, 7) is 7.64. The van der Waals surface area contributed by atoms with Crippen molar-refractivity contribution in [2.75, 3.05) is 26.2 Å². The second-order valence-electron chi connectivity index (χ2n) is 7.82. The van der Waals surface area contributed by atoms with E-state index in [1.54, 1.807) is 18.2 Å². The molecule has 0 bridgehead atoms. The molecule has 0 atom stereocenters. The van der Waals surface area contributed by atoms with Gasteiger partial charge >= 0.3 is 0 Å². The Morgan fingerprint density at radius 1 is 1.14 bits per heavy atom. The molecule has 7 nitrogen and oxygen atoms in total. The van der Waals surface area contributed by atoms with Crippen LogP contribution >= 0.6 is 0 Å². The Hall–Kier alpha value is -2.41. The highest BCUT2D eigenvalue weighted by molar-refractivity contribution is 5.94. The van der Waals surface area contributed by atoms with E-state index in [0.29, 0.717) is 24.6 Å². The van der Waals surface area contributed by atoms with Crippen LogP contribution in [0.25, 0.3) is 0 Å². The molecule has 0 spiro atoms. The van der Waals surface area contributed by atoms with Gasteiger partial charge in [0.15, 0.2) is 0 Å². The molecular weight excluding hydrogens is 354 g/mol. The zero-order chi connectivity index (χ0) is 19.5. The Bertz CT molecular complexity index is 820. The van der Waals surface area contributed by atoms with Crippen molar-refractivity contribution in [1.29, 1.82) is 0 Å². The number of phenols is 1. The van der Waals surface area contributed by atoms with Crippen molar-refractivity contribution in [3.05, 3.63) is 41.5 Å². The molecule has 4 rings (SSSR count). The van der Waals surface area contributed by atoms with Gasteiger partial charge in [0.2, 0.25) is 0 Å². The van der Waals surface area contributed by atoms with Crippen LogP contribution in [0.5, 0.6) is 5.75 Å². The molecule has 1 amide bonds. The monoisotopic (exact) mass is 383 g/mol. The molecule has 2 aromatic rings. The Balaban J connectivity index is 1.41. The number of piperidine rings is 1. The van der Waals surface area contributed by atoms with Gasteiger partial charge in [-0.3, -0.25) is 9.69 Å². The smallest absolute Gasteiger partial charge is 0.253 e. The maximum absolute atomic E-state index is 12.7. The summed E-state index contributed by atoms with van der Waals surface area (Å²) in [5.41, 5.74) is 0.545. The first-order valence-electron chi connectivity index (χ1n) is 10.4. The molecule has 2 aliphatic rings. The molecule has 7 heteroatoms. The number of likely N-dealkylation sites (tertiary alicyclic amines) is 2. The number of aromatic hydroxyl groups is 1. The van der Waals surface area contributed by atoms with Crippen LogP contribution in [-0.4, -0.2) is 61.8 Å². The van der Waals surface area contributed by atoms with Crippen molar-refractivity contribution in [2.24, 2.45) is 0 Å². The first-order valence-corrected chi connectivity index (χ1v) is 10.4. The van der Waals surface area contributed by atoms with Crippen molar-refractivity contribution < 1.29 is 9.90 Å². The summed E-state index contributed by atoms with van der Waals surface area (Å²) in [4.78, 5) is 17.0. The van der Waals surface area contributed by atoms with E-state index in [-0.39, 0.29) is 11.7 Å². The van der Waals surface area contributed by atoms with Gasteiger partial charge in [-0.2, -0.15) is 0 Å². The molecule has 2 saturated heterocycles. The fourth-order valence-electron chi connectivity index (χ4n) is 4.42. The van der Waals surface area contributed by atoms with Crippen LogP contribution in [0.4, 0.5) is 0 Å². The SMILES string of the molecule is CCn1c(CN2CCCC2)nnc1C1CCN(C(=O)c2cccc(O)c2)CC1. The molecular formula is C21H29N5O2. The number of amides is 1. The fourth-order valence-corrected chi connectivity index (χ4v) is 4.42. The van der Waals surface area contributed by atoms with Gasteiger partial charge in [-0.05, 0) is 63.9 Å². The first-order chi connectivity index (χ1) is 13.7. The lowest BCUT2D eigenvalue weighted by atomic mass is 9.95. The van der Waals surface area contributed by atoms with E-state index in [1.165, 1.54) is 18.9 Å². The molecule has 1 N–H and O–H groups in total. The molecule has 1 aromatic carbocycles. The Kier molecular flexibility index (Phi) is 5.62. The molecule has 150 valence electrons. The van der Waals surface area contributed by atoms with E-state index >= 15 is 0 Å². The third-order valence-corrected chi connectivity index (χ3v) is 5.98. The van der Waals surface area contributed by atoms with Gasteiger partial charge in [-0.15, -0.1) is 10.2 Å². The minimum atomic E-state index is -0.0129. The topological polar surface area (TPSA) is 74.5 Å². The summed E-state index contributed by atoms with van der Waals surface area (Å²) in [7, 11) is 0. The summed E-state index contributed by atoms with van der Waals surface area (Å²) in [6, 6.07) is 6.58. The molecule has 1 aromatic heterocycles. The number of nitrogens with zero attached hydrogens (tertiary/aromatic N) is 5. The lowest BCUT2D eigenvalue weighted by molar-refractivity contribution is 0.0709. The summed E-state index contributed by atoms with van der Waals surface area (Å²) in [6.07, 6.45) is 4.34. The first kappa shape index (κ1) is 18.9. The highest BCUT2D eigenvalue weighted by atomic mass is 16.3. The molecule has 0 saturated carbocycles. The number of carbonyl (C=O) groups excluding carboxylic acids is 1. The largest absolute Gasteiger partial charge is 0.508 e. The third-order valence-electron chi connectivity index (χ3n) is 5.98. The molecule has 0 radical (unpaired) electrons. The number of phenolic OH excluding ortho intramolecular Hbond substituents is 1. The van der Waals surface area contributed by atoms with Crippen LogP contribution in [-0.2, 0) is 13.1 Å². The normalized spacial score (nSPS) is 18.7. The van der Waals surface area contributed by atoms with E-state index in [4.69, 9.17) is 0 Å². The number of hydrogen-bond donors (Lipinski definition) is 1. The van der Waals surface area contributed by atoms with Gasteiger partial charge in [0.1, 0.15) is 17.4 Å². The number of rotatable bonds is 5. The maximum atomic E-state index is 12.7. The predicted octanol–water partition coefficient (Wildman–Crippen LogP) is 2.62. The minimum absolute atomic E-state index is 0.0129. The lowest BCUT2D eigenvalue weighted by Gasteiger charge is -2.32. The van der Waals surface area contributed by atoms with E-state index in [2.05, 4.69) is 26.6 Å². The summed E-state index contributed by atoms with van der Waals surface area (Å²) < 4.78 is 2.27. The molecule has 28 heavy (non-hydrogen) atoms. The maximum Gasteiger partial charge on any atom is 0.253 e. The zero-order valence-electron chi connectivity index (χ0n) is 16.5. The van der Waals surface area contributed by atoms with E-state index in [0.717, 1.165) is 50.7 Å². The zero-order valence-corrected chi connectivity index (χ0v) is 16.5. The Morgan fingerprint density at radius 3 is 2.57 bits per heavy atom. The minimum Gasteiger partial charge on any atom is -0.508 e. The van der Waals surface area contributed by atoms with Crippen molar-refractivity contribution in [3.63, 3.8) is 0 Å². The van der Waals surface area contributed by atoms with E-state index in [1.807, 2.05) is 4.90 Å². The average molecular weight is 383 g/mol. The van der Waals surface area contributed by atoms with Crippen LogP contribution in [0, 0.1) is 0 Å². The summed E-state index contributed by atoms with van der Waals surface area (Å²) in [5, 5.41) is 18.7. The quantitative estimate of drug-likeness (QED) is 0.859. The van der Waals surface area contributed by atoms with E-state index in [9.17, 15) is 9.90 Å². The second kappa shape index (κ2) is 8.31. The molecule has 2 fully saturated rings. The van der Waals surface area contributed by atoms with Crippen molar-refractivity contribution >= 4 is 5.91 Å². The van der Waals surface area contributed by atoms with Crippen LogP contribution < -0.4 is 0 Å². The second-order valence-corrected chi connectivity index (χ2v) is 7.82. The molecule has 0 aliphatic carbocycles. The number of hydrogen-bond acceptors (Lipinski definition) is 5. The summed E-state index contributed by atoms with van der Waals surface area (Å²) in [5.74, 6) is 2.59. The van der Waals surface area contributed by atoms with Gasteiger partial charge in [-0.25, -0.2) is 0 Å². The van der Waals surface area contributed by atoms with Gasteiger partial charge < -0.3 is 14.6 Å². The highest BCUT2D eigenvalue weighted by Crippen LogP contribution is 2.29. The van der Waals surface area contributed by atoms with Gasteiger partial charge in [0.05, 0.1) is 6.54 Å². The number of aromatic nitrogens is 3. The number of carbonyl (C=O) groups is 1. The molecule has 2 aliphatic heterocycles. The van der Waals surface area contributed by atoms with Gasteiger partial charge in [0, 0.05) is 31.1 Å². The van der Waals surface area contributed by atoms with Crippen molar-refractivity contribution in [3.8, 4) is 5.75 Å². The summed E-state index contributed by atoms with van der Waals surface area (Å²) >= 11 is 0. The fraction of sp³-hybridized carbons (Fsp3) is 0.571. The van der Waals surface area contributed by atoms with Crippen LogP contribution in [0.2, 0.25) is 0 Å². The highest BCUT2D eigenvalue weighted by Gasteiger charge is 2.29.